The normalized spacial score (nSPS) is 10.8. The van der Waals surface area contributed by atoms with E-state index in [2.05, 4.69) is 14.7 Å². The van der Waals surface area contributed by atoms with Crippen LogP contribution in [0.4, 0.5) is 0 Å². The van der Waals surface area contributed by atoms with E-state index in [0.717, 1.165) is 11.3 Å². The fourth-order valence-electron chi connectivity index (χ4n) is 1.99. The number of fused-ring (bicyclic) bond motifs is 1. The zero-order chi connectivity index (χ0) is 12.7. The first-order valence-corrected chi connectivity index (χ1v) is 5.27. The lowest BCUT2D eigenvalue weighted by Crippen LogP contribution is -2.19. The molecule has 17 heavy (non-hydrogen) atoms. The van der Waals surface area contributed by atoms with Crippen molar-refractivity contribution in [1.82, 2.24) is 9.97 Å². The van der Waals surface area contributed by atoms with E-state index in [1.807, 2.05) is 13.8 Å². The molecule has 0 unspecified atom stereocenters. The minimum absolute atomic E-state index is 0.0714. The summed E-state index contributed by atoms with van der Waals surface area (Å²) in [6.45, 7) is 5.41. The first kappa shape index (κ1) is 11.4. The minimum Gasteiger partial charge on any atom is -0.465 e. The van der Waals surface area contributed by atoms with Crippen molar-refractivity contribution in [1.29, 1.82) is 0 Å². The Labute approximate surface area is 97.8 Å². The van der Waals surface area contributed by atoms with Crippen LogP contribution in [0.25, 0.3) is 11.0 Å². The molecule has 2 rings (SSSR count). The smallest absolute Gasteiger partial charge is 0.343 e. The van der Waals surface area contributed by atoms with Gasteiger partial charge in [-0.05, 0) is 26.3 Å². The van der Waals surface area contributed by atoms with Gasteiger partial charge in [-0.2, -0.15) is 0 Å². The number of aryl methyl sites for hydroxylation is 3. The van der Waals surface area contributed by atoms with Crippen LogP contribution in [0.1, 0.15) is 27.3 Å². The van der Waals surface area contributed by atoms with Gasteiger partial charge in [-0.25, -0.2) is 4.79 Å². The number of rotatable bonds is 1. The number of aromatic nitrogens is 2. The standard InChI is InChI=1S/C12H14N2O3/c1-5-6(2)13-11-8(5)10(15)9(7(3)14-11)12(16)17-4/h1-4H3,(H2,13,14,15). The second-order valence-electron chi connectivity index (χ2n) is 4.07. The van der Waals surface area contributed by atoms with Crippen molar-refractivity contribution in [2.24, 2.45) is 0 Å². The molecule has 2 aromatic rings. The predicted molar refractivity (Wildman–Crippen MR) is 64.5 cm³/mol. The quantitative estimate of drug-likeness (QED) is 0.735. The molecule has 0 saturated carbocycles. The molecule has 2 aromatic heterocycles. The Morgan fingerprint density at radius 2 is 1.71 bits per heavy atom. The summed E-state index contributed by atoms with van der Waals surface area (Å²) in [4.78, 5) is 29.9. The second kappa shape index (κ2) is 3.76. The molecular formula is C12H14N2O3. The third-order valence-corrected chi connectivity index (χ3v) is 3.03. The van der Waals surface area contributed by atoms with Crippen LogP contribution in [0.3, 0.4) is 0 Å². The van der Waals surface area contributed by atoms with Gasteiger partial charge < -0.3 is 14.7 Å². The van der Waals surface area contributed by atoms with Gasteiger partial charge in [-0.3, -0.25) is 4.79 Å². The molecule has 90 valence electrons. The summed E-state index contributed by atoms with van der Waals surface area (Å²) in [7, 11) is 1.26. The van der Waals surface area contributed by atoms with Crippen LogP contribution in [0.2, 0.25) is 0 Å². The zero-order valence-corrected chi connectivity index (χ0v) is 10.2. The topological polar surface area (TPSA) is 75.0 Å². The molecule has 0 aliphatic heterocycles. The van der Waals surface area contributed by atoms with Crippen molar-refractivity contribution in [3.05, 3.63) is 32.7 Å². The van der Waals surface area contributed by atoms with Gasteiger partial charge in [0.2, 0.25) is 5.43 Å². The van der Waals surface area contributed by atoms with Gasteiger partial charge in [-0.1, -0.05) is 0 Å². The second-order valence-corrected chi connectivity index (χ2v) is 4.07. The summed E-state index contributed by atoms with van der Waals surface area (Å²) in [5, 5.41) is 0.522. The molecule has 0 atom stereocenters. The van der Waals surface area contributed by atoms with Gasteiger partial charge in [-0.15, -0.1) is 0 Å². The molecule has 5 nitrogen and oxygen atoms in total. The van der Waals surface area contributed by atoms with Gasteiger partial charge in [0.25, 0.3) is 0 Å². The van der Waals surface area contributed by atoms with Crippen LogP contribution in [-0.4, -0.2) is 23.0 Å². The number of ether oxygens (including phenoxy) is 1. The van der Waals surface area contributed by atoms with E-state index >= 15 is 0 Å². The highest BCUT2D eigenvalue weighted by atomic mass is 16.5. The molecule has 0 saturated heterocycles. The Kier molecular flexibility index (Phi) is 2.53. The highest BCUT2D eigenvalue weighted by Crippen LogP contribution is 2.18. The highest BCUT2D eigenvalue weighted by Gasteiger charge is 2.19. The van der Waals surface area contributed by atoms with Gasteiger partial charge >= 0.3 is 5.97 Å². The molecule has 2 heterocycles. The van der Waals surface area contributed by atoms with Crippen LogP contribution >= 0.6 is 0 Å². The Morgan fingerprint density at radius 3 is 2.29 bits per heavy atom. The van der Waals surface area contributed by atoms with E-state index < -0.39 is 5.97 Å². The monoisotopic (exact) mass is 234 g/mol. The summed E-state index contributed by atoms with van der Waals surface area (Å²) in [5.74, 6) is -0.607. The van der Waals surface area contributed by atoms with E-state index in [1.165, 1.54) is 7.11 Å². The summed E-state index contributed by atoms with van der Waals surface area (Å²) < 4.78 is 4.62. The SMILES string of the molecule is COC(=O)c1c(C)[nH]c2[nH]c(C)c(C)c2c1=O. The number of esters is 1. The summed E-state index contributed by atoms with van der Waals surface area (Å²) in [5.41, 5.74) is 2.71. The number of nitrogens with one attached hydrogen (secondary N) is 2. The maximum Gasteiger partial charge on any atom is 0.343 e. The van der Waals surface area contributed by atoms with Crippen molar-refractivity contribution in [2.45, 2.75) is 20.8 Å². The molecule has 0 aliphatic carbocycles. The van der Waals surface area contributed by atoms with Gasteiger partial charge in [0, 0.05) is 11.4 Å². The number of aromatic amines is 2. The van der Waals surface area contributed by atoms with Gasteiger partial charge in [0.15, 0.2) is 0 Å². The van der Waals surface area contributed by atoms with E-state index in [4.69, 9.17) is 0 Å². The number of hydrogen-bond donors (Lipinski definition) is 2. The Hall–Kier alpha value is -2.04. The molecule has 2 N–H and O–H groups in total. The maximum atomic E-state index is 12.2. The molecular weight excluding hydrogens is 220 g/mol. The number of carbonyl (C=O) groups is 1. The molecule has 0 amide bonds. The summed E-state index contributed by atoms with van der Waals surface area (Å²) in [6, 6.07) is 0. The third-order valence-electron chi connectivity index (χ3n) is 3.03. The lowest BCUT2D eigenvalue weighted by molar-refractivity contribution is 0.0598. The van der Waals surface area contributed by atoms with E-state index in [1.54, 1.807) is 6.92 Å². The van der Waals surface area contributed by atoms with Crippen LogP contribution in [0, 0.1) is 20.8 Å². The summed E-state index contributed by atoms with van der Waals surface area (Å²) >= 11 is 0. The fraction of sp³-hybridized carbons (Fsp3) is 0.333. The van der Waals surface area contributed by atoms with Crippen LogP contribution in [0.15, 0.2) is 4.79 Å². The number of pyridine rings is 1. The Bertz CT molecular complexity index is 664. The Balaban J connectivity index is 2.93. The minimum atomic E-state index is -0.607. The molecule has 0 aliphatic rings. The number of hydrogen-bond acceptors (Lipinski definition) is 3. The zero-order valence-electron chi connectivity index (χ0n) is 10.2. The molecule has 0 aromatic carbocycles. The van der Waals surface area contributed by atoms with Crippen LogP contribution < -0.4 is 5.43 Å². The molecule has 0 radical (unpaired) electrons. The van der Waals surface area contributed by atoms with E-state index in [0.29, 0.717) is 16.7 Å². The van der Waals surface area contributed by atoms with Crippen molar-refractivity contribution in [3.8, 4) is 0 Å². The van der Waals surface area contributed by atoms with Gasteiger partial charge in [0.1, 0.15) is 11.2 Å². The summed E-state index contributed by atoms with van der Waals surface area (Å²) in [6.07, 6.45) is 0. The lowest BCUT2D eigenvalue weighted by Gasteiger charge is -2.03. The average molecular weight is 234 g/mol. The molecule has 0 fully saturated rings. The van der Waals surface area contributed by atoms with Crippen molar-refractivity contribution in [2.75, 3.05) is 7.11 Å². The lowest BCUT2D eigenvalue weighted by atomic mass is 10.1. The first-order valence-electron chi connectivity index (χ1n) is 5.27. The largest absolute Gasteiger partial charge is 0.465 e. The number of carbonyl (C=O) groups excluding carboxylic acids is 1. The maximum absolute atomic E-state index is 12.2. The van der Waals surface area contributed by atoms with Crippen molar-refractivity contribution < 1.29 is 9.53 Å². The van der Waals surface area contributed by atoms with Crippen LogP contribution in [0.5, 0.6) is 0 Å². The van der Waals surface area contributed by atoms with E-state index in [9.17, 15) is 9.59 Å². The van der Waals surface area contributed by atoms with Crippen molar-refractivity contribution >= 4 is 17.0 Å². The molecule has 0 spiro atoms. The van der Waals surface area contributed by atoms with E-state index in [-0.39, 0.29) is 11.0 Å². The molecule has 0 bridgehead atoms. The van der Waals surface area contributed by atoms with Gasteiger partial charge in [0.05, 0.1) is 12.5 Å². The Morgan fingerprint density at radius 1 is 1.12 bits per heavy atom. The third kappa shape index (κ3) is 1.54. The fourth-order valence-corrected chi connectivity index (χ4v) is 1.99. The molecule has 5 heteroatoms. The van der Waals surface area contributed by atoms with Crippen LogP contribution in [-0.2, 0) is 4.74 Å². The number of H-pyrrole nitrogens is 2. The number of methoxy groups -OCH3 is 1. The average Bonchev–Trinajstić information content (AvgIpc) is 2.54. The highest BCUT2D eigenvalue weighted by molar-refractivity contribution is 5.95. The first-order chi connectivity index (χ1) is 7.97. The van der Waals surface area contributed by atoms with Crippen molar-refractivity contribution in [3.63, 3.8) is 0 Å². The predicted octanol–water partition coefficient (Wildman–Crippen LogP) is 1.57.